The minimum absolute atomic E-state index is 0.200. The number of Topliss-reactive ketones (excluding diaryl/α,β-unsaturated/α-hetero) is 1. The molecule has 0 aromatic heterocycles. The molecule has 0 amide bonds. The van der Waals surface area contributed by atoms with E-state index in [1.54, 1.807) is 26.8 Å². The lowest BCUT2D eigenvalue weighted by atomic mass is 9.72. The van der Waals surface area contributed by atoms with Gasteiger partial charge in [0.2, 0.25) is 0 Å². The summed E-state index contributed by atoms with van der Waals surface area (Å²) in [5.41, 5.74) is 0.169. The summed E-state index contributed by atoms with van der Waals surface area (Å²) in [5.74, 6) is -1.48. The zero-order valence-corrected chi connectivity index (χ0v) is 11.4. The zero-order valence-electron chi connectivity index (χ0n) is 11.4. The Morgan fingerprint density at radius 1 is 1.42 bits per heavy atom. The molecule has 0 saturated carbocycles. The van der Waals surface area contributed by atoms with Crippen molar-refractivity contribution in [2.45, 2.75) is 33.6 Å². The average Bonchev–Trinajstić information content (AvgIpc) is 2.23. The molecule has 0 aliphatic heterocycles. The maximum Gasteiger partial charge on any atom is 0.304 e. The quantitative estimate of drug-likeness (QED) is 0.610. The molecule has 0 heterocycles. The van der Waals surface area contributed by atoms with Crippen LogP contribution in [0.3, 0.4) is 0 Å². The first-order valence-electron chi connectivity index (χ1n) is 6.04. The first-order valence-corrected chi connectivity index (χ1v) is 6.04. The van der Waals surface area contributed by atoms with Crippen LogP contribution in [0.4, 0.5) is 0 Å². The normalized spacial score (nSPS) is 16.5. The third-order valence-corrected chi connectivity index (χ3v) is 3.15. The summed E-state index contributed by atoms with van der Waals surface area (Å²) in [7, 11) is 0. The van der Waals surface area contributed by atoms with Crippen LogP contribution in [0.1, 0.15) is 33.6 Å². The van der Waals surface area contributed by atoms with Crippen LogP contribution in [0.15, 0.2) is 35.5 Å². The minimum Gasteiger partial charge on any atom is -0.481 e. The highest BCUT2D eigenvalue weighted by Crippen LogP contribution is 2.37. The van der Waals surface area contributed by atoms with E-state index in [0.29, 0.717) is 16.7 Å². The first-order chi connectivity index (χ1) is 8.70. The fourth-order valence-electron chi connectivity index (χ4n) is 2.38. The molecule has 4 nitrogen and oxygen atoms in total. The van der Waals surface area contributed by atoms with Crippen molar-refractivity contribution in [3.63, 3.8) is 0 Å². The number of carbonyl (C=O) groups excluding carboxylic acids is 2. The fraction of sp³-hybridized carbons (Fsp3) is 0.400. The van der Waals surface area contributed by atoms with Gasteiger partial charge < -0.3 is 5.11 Å². The van der Waals surface area contributed by atoms with E-state index in [4.69, 9.17) is 5.11 Å². The third-order valence-electron chi connectivity index (χ3n) is 3.15. The Morgan fingerprint density at radius 2 is 2.00 bits per heavy atom. The van der Waals surface area contributed by atoms with Crippen LogP contribution in [0.5, 0.6) is 0 Å². The molecule has 0 radical (unpaired) electrons. The van der Waals surface area contributed by atoms with Gasteiger partial charge in [0, 0.05) is 22.1 Å². The maximum absolute atomic E-state index is 12.1. The highest BCUT2D eigenvalue weighted by molar-refractivity contribution is 6.23. The standard InChI is InChI=1S/C15H18O4/c1-5-6-10-13(15(3,4)8-12(17)18)11(16)7-9(2)14(10)19/h5,7H,1,6,8H2,2-4H3,(H,17,18). The van der Waals surface area contributed by atoms with Crippen LogP contribution in [0.2, 0.25) is 0 Å². The zero-order chi connectivity index (χ0) is 14.8. The van der Waals surface area contributed by atoms with Gasteiger partial charge in [0.05, 0.1) is 6.42 Å². The Kier molecular flexibility index (Phi) is 4.24. The van der Waals surface area contributed by atoms with Crippen LogP contribution in [-0.4, -0.2) is 22.6 Å². The number of hydrogen-bond acceptors (Lipinski definition) is 3. The molecule has 0 aromatic rings. The second-order valence-electron chi connectivity index (χ2n) is 5.32. The van der Waals surface area contributed by atoms with Crippen molar-refractivity contribution in [1.82, 2.24) is 0 Å². The van der Waals surface area contributed by atoms with E-state index in [2.05, 4.69) is 6.58 Å². The van der Waals surface area contributed by atoms with E-state index < -0.39 is 11.4 Å². The number of aliphatic carboxylic acids is 1. The Balaban J connectivity index is 3.39. The van der Waals surface area contributed by atoms with Crippen LogP contribution in [0, 0.1) is 5.41 Å². The lowest BCUT2D eigenvalue weighted by molar-refractivity contribution is -0.138. The van der Waals surface area contributed by atoms with Gasteiger partial charge in [-0.25, -0.2) is 0 Å². The van der Waals surface area contributed by atoms with Crippen molar-refractivity contribution in [1.29, 1.82) is 0 Å². The number of allylic oxidation sites excluding steroid dienone is 5. The average molecular weight is 262 g/mol. The summed E-state index contributed by atoms with van der Waals surface area (Å²) in [5, 5.41) is 8.95. The molecule has 0 aromatic carbocycles. The molecule has 102 valence electrons. The van der Waals surface area contributed by atoms with Crippen molar-refractivity contribution >= 4 is 17.5 Å². The number of rotatable bonds is 5. The van der Waals surface area contributed by atoms with Crippen molar-refractivity contribution in [2.24, 2.45) is 5.41 Å². The van der Waals surface area contributed by atoms with Crippen molar-refractivity contribution in [3.05, 3.63) is 35.5 Å². The molecule has 19 heavy (non-hydrogen) atoms. The summed E-state index contributed by atoms with van der Waals surface area (Å²) < 4.78 is 0. The Bertz CT molecular complexity index is 518. The van der Waals surface area contributed by atoms with Crippen molar-refractivity contribution < 1.29 is 19.5 Å². The number of hydrogen-bond donors (Lipinski definition) is 1. The number of carboxylic acid groups (broad SMARTS) is 1. The largest absolute Gasteiger partial charge is 0.481 e. The Labute approximate surface area is 112 Å². The van der Waals surface area contributed by atoms with Gasteiger partial charge in [-0.2, -0.15) is 0 Å². The highest BCUT2D eigenvalue weighted by Gasteiger charge is 2.36. The van der Waals surface area contributed by atoms with Gasteiger partial charge in [-0.3, -0.25) is 14.4 Å². The van der Waals surface area contributed by atoms with Crippen LogP contribution >= 0.6 is 0 Å². The van der Waals surface area contributed by atoms with Gasteiger partial charge in [-0.05, 0) is 19.4 Å². The Hall–Kier alpha value is -1.97. The number of carbonyl (C=O) groups is 3. The van der Waals surface area contributed by atoms with Gasteiger partial charge >= 0.3 is 5.97 Å². The predicted octanol–water partition coefficient (Wildman–Crippen LogP) is 2.46. The van der Waals surface area contributed by atoms with E-state index in [0.717, 1.165) is 0 Å². The van der Waals surface area contributed by atoms with Crippen LogP contribution in [0.25, 0.3) is 0 Å². The molecule has 1 aliphatic rings. The predicted molar refractivity (Wildman–Crippen MR) is 71.6 cm³/mol. The van der Waals surface area contributed by atoms with Gasteiger partial charge in [0.15, 0.2) is 11.6 Å². The summed E-state index contributed by atoms with van der Waals surface area (Å²) in [6, 6.07) is 0. The first kappa shape index (κ1) is 15.1. The molecule has 1 rings (SSSR count). The molecular formula is C15H18O4. The highest BCUT2D eigenvalue weighted by atomic mass is 16.4. The smallest absolute Gasteiger partial charge is 0.304 e. The van der Waals surface area contributed by atoms with Crippen LogP contribution in [-0.2, 0) is 14.4 Å². The summed E-state index contributed by atoms with van der Waals surface area (Å²) >= 11 is 0. The second kappa shape index (κ2) is 5.34. The molecule has 0 saturated heterocycles. The minimum atomic E-state index is -0.998. The molecule has 4 heteroatoms. The summed E-state index contributed by atoms with van der Waals surface area (Å²) in [6.07, 6.45) is 2.91. The molecule has 0 atom stereocenters. The molecule has 1 aliphatic carbocycles. The molecule has 1 N–H and O–H groups in total. The fourth-order valence-corrected chi connectivity index (χ4v) is 2.38. The summed E-state index contributed by atoms with van der Waals surface area (Å²) in [4.78, 5) is 35.2. The molecule has 0 bridgehead atoms. The topological polar surface area (TPSA) is 71.4 Å². The number of ketones is 2. The molecule has 0 fully saturated rings. The molecule has 0 spiro atoms. The third kappa shape index (κ3) is 3.08. The van der Waals surface area contributed by atoms with Gasteiger partial charge in [-0.15, -0.1) is 6.58 Å². The molecule has 0 unspecified atom stereocenters. The second-order valence-corrected chi connectivity index (χ2v) is 5.32. The van der Waals surface area contributed by atoms with Gasteiger partial charge in [0.1, 0.15) is 0 Å². The van der Waals surface area contributed by atoms with E-state index in [1.807, 2.05) is 0 Å². The van der Waals surface area contributed by atoms with Gasteiger partial charge in [0.25, 0.3) is 0 Å². The van der Waals surface area contributed by atoms with E-state index in [9.17, 15) is 14.4 Å². The van der Waals surface area contributed by atoms with Crippen LogP contribution < -0.4 is 0 Å². The SMILES string of the molecule is C=CCC1=C(C(C)(C)CC(=O)O)C(=O)C=C(C)C1=O. The Morgan fingerprint density at radius 3 is 2.47 bits per heavy atom. The monoisotopic (exact) mass is 262 g/mol. The van der Waals surface area contributed by atoms with Crippen molar-refractivity contribution in [3.8, 4) is 0 Å². The number of carboxylic acids is 1. The van der Waals surface area contributed by atoms with E-state index >= 15 is 0 Å². The van der Waals surface area contributed by atoms with Gasteiger partial charge in [-0.1, -0.05) is 19.9 Å². The van der Waals surface area contributed by atoms with E-state index in [1.165, 1.54) is 6.08 Å². The lowest BCUT2D eigenvalue weighted by Crippen LogP contribution is -2.30. The van der Waals surface area contributed by atoms with E-state index in [-0.39, 0.29) is 24.4 Å². The van der Waals surface area contributed by atoms with Crippen molar-refractivity contribution in [2.75, 3.05) is 0 Å². The maximum atomic E-state index is 12.1. The molecular weight excluding hydrogens is 244 g/mol. The summed E-state index contributed by atoms with van der Waals surface area (Å²) in [6.45, 7) is 8.50. The lowest BCUT2D eigenvalue weighted by Gasteiger charge is -2.29.